The quantitative estimate of drug-likeness (QED) is 0.181. The van der Waals surface area contributed by atoms with E-state index in [-0.39, 0.29) is 11.1 Å². The second-order valence-electron chi connectivity index (χ2n) is 9.70. The third-order valence-electron chi connectivity index (χ3n) is 6.31. The minimum Gasteiger partial charge on any atom is -0.378 e. The molecule has 0 aliphatic heterocycles. The Morgan fingerprint density at radius 1 is 0.500 bits per heavy atom. The fraction of sp³-hybridized carbons (Fsp3) is 0.111. The van der Waals surface area contributed by atoms with Gasteiger partial charge in [-0.2, -0.15) is 21.0 Å². The van der Waals surface area contributed by atoms with E-state index in [4.69, 9.17) is 21.0 Å². The van der Waals surface area contributed by atoms with E-state index in [1.807, 2.05) is 76.8 Å². The molecule has 0 radical (unpaired) electrons. The molecule has 0 fully saturated rings. The van der Waals surface area contributed by atoms with Gasteiger partial charge in [0.05, 0.1) is 0 Å². The first-order valence-corrected chi connectivity index (χ1v) is 13.1. The van der Waals surface area contributed by atoms with Gasteiger partial charge in [0.25, 0.3) is 0 Å². The zero-order valence-electron chi connectivity index (χ0n) is 24.1. The summed E-state index contributed by atoms with van der Waals surface area (Å²) in [7, 11) is 8.08. The summed E-state index contributed by atoms with van der Waals surface area (Å²) < 4.78 is 0. The van der Waals surface area contributed by atoms with Crippen LogP contribution in [0.15, 0.2) is 108 Å². The highest BCUT2D eigenvalue weighted by Crippen LogP contribution is 2.24. The first-order chi connectivity index (χ1) is 20.3. The second-order valence-corrected chi connectivity index (χ2v) is 9.70. The zero-order chi connectivity index (χ0) is 30.5. The van der Waals surface area contributed by atoms with E-state index in [9.17, 15) is 0 Å². The molecule has 0 aliphatic carbocycles. The number of fused-ring (bicyclic) bond motifs is 2. The van der Waals surface area contributed by atoms with Gasteiger partial charge in [-0.25, -0.2) is 0 Å². The maximum absolute atomic E-state index is 8.66. The zero-order valence-corrected chi connectivity index (χ0v) is 24.1. The van der Waals surface area contributed by atoms with Crippen LogP contribution in [0.5, 0.6) is 0 Å². The molecule has 0 N–H and O–H groups in total. The van der Waals surface area contributed by atoms with Crippen molar-refractivity contribution in [3.8, 4) is 24.3 Å². The normalized spacial score (nSPS) is 10.1. The summed E-state index contributed by atoms with van der Waals surface area (Å²) in [6, 6.07) is 32.3. The van der Waals surface area contributed by atoms with Crippen LogP contribution in [-0.4, -0.2) is 28.2 Å². The standard InChI is InChI=1S/2C18H15N3/c2*1-21(2)18-9-8-16-10-14(6-7-17(16)11-18)4-3-5-15(12-19)13-20/h2*3-11H,1-2H3/b2*4-3+. The maximum atomic E-state index is 8.66. The van der Waals surface area contributed by atoms with Crippen molar-refractivity contribution < 1.29 is 0 Å². The topological polar surface area (TPSA) is 102 Å². The molecule has 4 aromatic rings. The molecule has 6 heteroatoms. The SMILES string of the molecule is CN(C)c1ccc2cc(/C=C/C=C(C#N)C#N)ccc2c1.CN(C)c1ccc2cc(/C=C/C=C(C#N)C#N)ccc2c1. The summed E-state index contributed by atoms with van der Waals surface area (Å²) in [5.41, 5.74) is 4.60. The van der Waals surface area contributed by atoms with Gasteiger partial charge in [-0.3, -0.25) is 0 Å². The molecule has 0 aliphatic rings. The highest BCUT2D eigenvalue weighted by molar-refractivity contribution is 5.88. The third-order valence-corrected chi connectivity index (χ3v) is 6.31. The van der Waals surface area contributed by atoms with Crippen molar-refractivity contribution in [2.75, 3.05) is 38.0 Å². The second kappa shape index (κ2) is 14.9. The molecule has 42 heavy (non-hydrogen) atoms. The van der Waals surface area contributed by atoms with Gasteiger partial charge in [0.1, 0.15) is 35.4 Å². The molecule has 0 unspecified atom stereocenters. The van der Waals surface area contributed by atoms with Crippen LogP contribution >= 0.6 is 0 Å². The maximum Gasteiger partial charge on any atom is 0.129 e. The Morgan fingerprint density at radius 2 is 0.833 bits per heavy atom. The van der Waals surface area contributed by atoms with Crippen LogP contribution in [0.25, 0.3) is 33.7 Å². The van der Waals surface area contributed by atoms with E-state index in [2.05, 4.69) is 70.5 Å². The molecule has 0 amide bonds. The van der Waals surface area contributed by atoms with Gasteiger partial charge in [-0.15, -0.1) is 0 Å². The number of hydrogen-bond acceptors (Lipinski definition) is 6. The summed E-state index contributed by atoms with van der Waals surface area (Å²) >= 11 is 0. The summed E-state index contributed by atoms with van der Waals surface area (Å²) in [4.78, 5) is 4.15. The van der Waals surface area contributed by atoms with Gasteiger partial charge in [-0.1, -0.05) is 60.7 Å². The van der Waals surface area contributed by atoms with Crippen LogP contribution < -0.4 is 9.80 Å². The molecule has 204 valence electrons. The molecular formula is C36H30N6. The number of anilines is 2. The summed E-state index contributed by atoms with van der Waals surface area (Å²) in [5.74, 6) is 0. The first kappa shape index (κ1) is 30.5. The molecule has 0 heterocycles. The van der Waals surface area contributed by atoms with Gasteiger partial charge in [0.15, 0.2) is 0 Å². The average molecular weight is 547 g/mol. The molecule has 0 bridgehead atoms. The lowest BCUT2D eigenvalue weighted by Gasteiger charge is -2.13. The first-order valence-electron chi connectivity index (χ1n) is 13.1. The lowest BCUT2D eigenvalue weighted by molar-refractivity contribution is 1.13. The van der Waals surface area contributed by atoms with Crippen LogP contribution in [0.1, 0.15) is 11.1 Å². The number of benzene rings is 4. The van der Waals surface area contributed by atoms with Gasteiger partial charge in [0, 0.05) is 39.6 Å². The molecule has 0 saturated heterocycles. The van der Waals surface area contributed by atoms with Crippen LogP contribution in [0.3, 0.4) is 0 Å². The summed E-state index contributed by atoms with van der Waals surface area (Å²) in [6.07, 6.45) is 10.2. The summed E-state index contributed by atoms with van der Waals surface area (Å²) in [5, 5.41) is 39.3. The highest BCUT2D eigenvalue weighted by atomic mass is 15.1. The molecule has 6 nitrogen and oxygen atoms in total. The number of hydrogen-bond donors (Lipinski definition) is 0. The molecule has 0 spiro atoms. The molecule has 4 aromatic carbocycles. The monoisotopic (exact) mass is 546 g/mol. The molecule has 0 aromatic heterocycles. The highest BCUT2D eigenvalue weighted by Gasteiger charge is 2.00. The Hall–Kier alpha value is -6.08. The van der Waals surface area contributed by atoms with Crippen molar-refractivity contribution in [1.82, 2.24) is 0 Å². The molecule has 0 saturated carbocycles. The third kappa shape index (κ3) is 8.46. The fourth-order valence-electron chi connectivity index (χ4n) is 3.98. The summed E-state index contributed by atoms with van der Waals surface area (Å²) in [6.45, 7) is 0. The van der Waals surface area contributed by atoms with Crippen molar-refractivity contribution in [3.63, 3.8) is 0 Å². The minimum absolute atomic E-state index is 0.0997. The smallest absolute Gasteiger partial charge is 0.129 e. The van der Waals surface area contributed by atoms with Crippen LogP contribution in [0, 0.1) is 45.3 Å². The Bertz CT molecular complexity index is 1710. The fourth-order valence-corrected chi connectivity index (χ4v) is 3.98. The van der Waals surface area contributed by atoms with Crippen LogP contribution in [-0.2, 0) is 0 Å². The van der Waals surface area contributed by atoms with Crippen molar-refractivity contribution in [1.29, 1.82) is 21.0 Å². The van der Waals surface area contributed by atoms with Crippen LogP contribution in [0.2, 0.25) is 0 Å². The lowest BCUT2D eigenvalue weighted by Crippen LogP contribution is -2.07. The lowest BCUT2D eigenvalue weighted by atomic mass is 10.1. The number of allylic oxidation sites excluding steroid dienone is 6. The van der Waals surface area contributed by atoms with Crippen molar-refractivity contribution in [3.05, 3.63) is 119 Å². The average Bonchev–Trinajstić information content (AvgIpc) is 3.01. The number of nitriles is 4. The predicted molar refractivity (Wildman–Crippen MR) is 173 cm³/mol. The Balaban J connectivity index is 0.000000230. The number of nitrogens with zero attached hydrogens (tertiary/aromatic N) is 6. The van der Waals surface area contributed by atoms with E-state index in [1.54, 1.807) is 12.2 Å². The Labute approximate surface area is 247 Å². The van der Waals surface area contributed by atoms with Gasteiger partial charge in [0.2, 0.25) is 0 Å². The van der Waals surface area contributed by atoms with Gasteiger partial charge in [-0.05, 0) is 81.2 Å². The van der Waals surface area contributed by atoms with E-state index in [1.165, 1.54) is 34.3 Å². The van der Waals surface area contributed by atoms with E-state index in [0.717, 1.165) is 21.9 Å². The molecular weight excluding hydrogens is 516 g/mol. The van der Waals surface area contributed by atoms with Gasteiger partial charge >= 0.3 is 0 Å². The predicted octanol–water partition coefficient (Wildman–Crippen LogP) is 7.79. The van der Waals surface area contributed by atoms with E-state index >= 15 is 0 Å². The van der Waals surface area contributed by atoms with E-state index in [0.29, 0.717) is 0 Å². The van der Waals surface area contributed by atoms with Gasteiger partial charge < -0.3 is 9.80 Å². The molecule has 4 rings (SSSR count). The van der Waals surface area contributed by atoms with Crippen molar-refractivity contribution in [2.24, 2.45) is 0 Å². The van der Waals surface area contributed by atoms with Crippen molar-refractivity contribution in [2.45, 2.75) is 0 Å². The Morgan fingerprint density at radius 3 is 1.17 bits per heavy atom. The molecule has 0 atom stereocenters. The Kier molecular flexibility index (Phi) is 10.8. The van der Waals surface area contributed by atoms with Crippen molar-refractivity contribution >= 4 is 45.1 Å². The largest absolute Gasteiger partial charge is 0.378 e. The minimum atomic E-state index is 0.0997. The number of rotatable bonds is 6. The van der Waals surface area contributed by atoms with Crippen LogP contribution in [0.4, 0.5) is 11.4 Å². The van der Waals surface area contributed by atoms with E-state index < -0.39 is 0 Å².